The lowest BCUT2D eigenvalue weighted by Gasteiger charge is -2.28. The van der Waals surface area contributed by atoms with Gasteiger partial charge >= 0.3 is 0 Å². The topological polar surface area (TPSA) is 82.1 Å². The van der Waals surface area contributed by atoms with Crippen LogP contribution in [0.5, 0.6) is 0 Å². The quantitative estimate of drug-likeness (QED) is 0.716. The number of hydrogen-bond donors (Lipinski definition) is 1. The summed E-state index contributed by atoms with van der Waals surface area (Å²) in [5.41, 5.74) is 0.206. The van der Waals surface area contributed by atoms with Crippen LogP contribution in [0.15, 0.2) is 12.4 Å². The largest absolute Gasteiger partial charge is 0.351 e. The molecule has 0 amide bonds. The number of nitrogens with zero attached hydrogens (tertiary/aromatic N) is 6. The van der Waals surface area contributed by atoms with Gasteiger partial charge in [0.2, 0.25) is 5.65 Å². The van der Waals surface area contributed by atoms with Crippen LogP contribution in [0, 0.1) is 23.0 Å². The first-order valence-corrected chi connectivity index (χ1v) is 7.08. The average molecular weight is 315 g/mol. The highest BCUT2D eigenvalue weighted by molar-refractivity contribution is 5.84. The molecule has 4 rings (SSSR count). The summed E-state index contributed by atoms with van der Waals surface area (Å²) >= 11 is 0. The zero-order valence-corrected chi connectivity index (χ0v) is 11.9. The predicted molar refractivity (Wildman–Crippen MR) is 78.0 cm³/mol. The van der Waals surface area contributed by atoms with Crippen molar-refractivity contribution in [2.45, 2.75) is 0 Å². The third-order valence-electron chi connectivity index (χ3n) is 3.92. The van der Waals surface area contributed by atoms with Crippen LogP contribution in [-0.2, 0) is 0 Å². The van der Waals surface area contributed by atoms with Crippen molar-refractivity contribution in [3.8, 4) is 6.07 Å². The van der Waals surface area contributed by atoms with Crippen molar-refractivity contribution < 1.29 is 8.78 Å². The normalized spacial score (nSPS) is 15.3. The van der Waals surface area contributed by atoms with E-state index in [1.807, 2.05) is 4.90 Å². The molecule has 0 atom stereocenters. The first kappa shape index (κ1) is 13.8. The summed E-state index contributed by atoms with van der Waals surface area (Å²) in [6.07, 6.45) is 1.41. The molecule has 3 aromatic rings. The number of rotatable bonds is 1. The van der Waals surface area contributed by atoms with E-state index in [2.05, 4.69) is 20.5 Å². The van der Waals surface area contributed by atoms with E-state index in [1.165, 1.54) is 16.8 Å². The number of fused-ring (bicyclic) bond motifs is 3. The van der Waals surface area contributed by atoms with Crippen LogP contribution in [0.25, 0.3) is 16.7 Å². The molecule has 0 saturated carbocycles. The molecule has 0 radical (unpaired) electrons. The Morgan fingerprint density at radius 1 is 1.22 bits per heavy atom. The molecule has 1 aliphatic rings. The lowest BCUT2D eigenvalue weighted by molar-refractivity contribution is 0.512. The van der Waals surface area contributed by atoms with Crippen LogP contribution in [0.1, 0.15) is 5.56 Å². The fraction of sp³-hybridized carbons (Fsp3) is 0.286. The van der Waals surface area contributed by atoms with Gasteiger partial charge in [0, 0.05) is 26.2 Å². The maximum Gasteiger partial charge on any atom is 0.204 e. The van der Waals surface area contributed by atoms with E-state index in [0.29, 0.717) is 24.6 Å². The Morgan fingerprint density at radius 2 is 2.00 bits per heavy atom. The summed E-state index contributed by atoms with van der Waals surface area (Å²) in [6.45, 7) is 2.90. The van der Waals surface area contributed by atoms with Crippen molar-refractivity contribution in [3.63, 3.8) is 0 Å². The minimum absolute atomic E-state index is 0.137. The molecule has 0 bridgehead atoms. The van der Waals surface area contributed by atoms with Gasteiger partial charge in [-0.15, -0.1) is 10.2 Å². The SMILES string of the molecule is N#Cc1cc2c(nc(N3CCNCC3)c3nncn32)c(F)c1F. The number of nitriles is 1. The summed E-state index contributed by atoms with van der Waals surface area (Å²) < 4.78 is 29.8. The number of nitrogens with one attached hydrogen (secondary N) is 1. The molecule has 7 nitrogen and oxygen atoms in total. The van der Waals surface area contributed by atoms with E-state index in [0.717, 1.165) is 13.1 Å². The van der Waals surface area contributed by atoms with Crippen LogP contribution in [-0.4, -0.2) is 45.8 Å². The van der Waals surface area contributed by atoms with E-state index in [4.69, 9.17) is 5.26 Å². The Bertz CT molecular complexity index is 953. The van der Waals surface area contributed by atoms with E-state index in [1.54, 1.807) is 6.07 Å². The molecular formula is C14H11F2N7. The van der Waals surface area contributed by atoms with Crippen molar-refractivity contribution >= 4 is 22.5 Å². The fourth-order valence-electron chi connectivity index (χ4n) is 2.78. The molecule has 1 aliphatic heterocycles. The Balaban J connectivity index is 2.06. The van der Waals surface area contributed by atoms with Gasteiger partial charge in [-0.25, -0.2) is 13.8 Å². The summed E-state index contributed by atoms with van der Waals surface area (Å²) in [6, 6.07) is 2.91. The van der Waals surface area contributed by atoms with Gasteiger partial charge < -0.3 is 10.2 Å². The second-order valence-electron chi connectivity index (χ2n) is 5.23. The molecule has 9 heteroatoms. The standard InChI is InChI=1S/C14H11F2N7/c15-10-8(6-17)5-9-12(11(10)16)20-13(14-21-19-7-23(9)14)22-3-1-18-2-4-22/h5,7,18H,1-4H2. The van der Waals surface area contributed by atoms with Gasteiger partial charge in [0.1, 0.15) is 17.9 Å². The summed E-state index contributed by atoms with van der Waals surface area (Å²) in [5, 5.41) is 20.1. The first-order chi connectivity index (χ1) is 11.2. The van der Waals surface area contributed by atoms with Crippen molar-refractivity contribution in [1.82, 2.24) is 24.9 Å². The third kappa shape index (κ3) is 1.99. The van der Waals surface area contributed by atoms with E-state index >= 15 is 0 Å². The third-order valence-corrected chi connectivity index (χ3v) is 3.92. The number of halogens is 2. The van der Waals surface area contributed by atoms with Gasteiger partial charge in [-0.3, -0.25) is 4.40 Å². The lowest BCUT2D eigenvalue weighted by atomic mass is 10.2. The Morgan fingerprint density at radius 3 is 2.74 bits per heavy atom. The number of benzene rings is 1. The molecule has 0 spiro atoms. The highest BCUT2D eigenvalue weighted by Crippen LogP contribution is 2.27. The van der Waals surface area contributed by atoms with Crippen LogP contribution in [0.4, 0.5) is 14.6 Å². The van der Waals surface area contributed by atoms with E-state index in [9.17, 15) is 8.78 Å². The zero-order chi connectivity index (χ0) is 16.0. The summed E-state index contributed by atoms with van der Waals surface area (Å²) in [5.74, 6) is -1.86. The molecule has 2 aromatic heterocycles. The molecule has 1 aromatic carbocycles. The van der Waals surface area contributed by atoms with E-state index in [-0.39, 0.29) is 16.6 Å². The fourth-order valence-corrected chi connectivity index (χ4v) is 2.78. The van der Waals surface area contributed by atoms with Crippen LogP contribution in [0.3, 0.4) is 0 Å². The lowest BCUT2D eigenvalue weighted by Crippen LogP contribution is -2.44. The highest BCUT2D eigenvalue weighted by Gasteiger charge is 2.22. The van der Waals surface area contributed by atoms with Crippen LogP contribution < -0.4 is 10.2 Å². The second kappa shape index (κ2) is 5.10. The van der Waals surface area contributed by atoms with Crippen molar-refractivity contribution in [2.24, 2.45) is 0 Å². The molecule has 0 unspecified atom stereocenters. The first-order valence-electron chi connectivity index (χ1n) is 7.08. The molecule has 1 saturated heterocycles. The smallest absolute Gasteiger partial charge is 0.204 e. The minimum atomic E-state index is -1.19. The molecule has 1 fully saturated rings. The number of aromatic nitrogens is 4. The van der Waals surface area contributed by atoms with Gasteiger partial charge in [0.15, 0.2) is 17.5 Å². The van der Waals surface area contributed by atoms with Crippen LogP contribution >= 0.6 is 0 Å². The van der Waals surface area contributed by atoms with Gasteiger partial charge in [-0.2, -0.15) is 5.26 Å². The number of anilines is 1. The second-order valence-corrected chi connectivity index (χ2v) is 5.23. The molecule has 1 N–H and O–H groups in total. The molecule has 3 heterocycles. The summed E-state index contributed by atoms with van der Waals surface area (Å²) in [7, 11) is 0. The summed E-state index contributed by atoms with van der Waals surface area (Å²) in [4.78, 5) is 6.24. The van der Waals surface area contributed by atoms with Crippen molar-refractivity contribution in [1.29, 1.82) is 5.26 Å². The molecular weight excluding hydrogens is 304 g/mol. The number of hydrogen-bond acceptors (Lipinski definition) is 6. The van der Waals surface area contributed by atoms with Crippen LogP contribution in [0.2, 0.25) is 0 Å². The molecule has 23 heavy (non-hydrogen) atoms. The number of piperazine rings is 1. The van der Waals surface area contributed by atoms with E-state index < -0.39 is 11.6 Å². The van der Waals surface area contributed by atoms with Gasteiger partial charge in [-0.1, -0.05) is 0 Å². The predicted octanol–water partition coefficient (Wildman–Crippen LogP) is 0.837. The monoisotopic (exact) mass is 315 g/mol. The van der Waals surface area contributed by atoms with Gasteiger partial charge in [0.25, 0.3) is 0 Å². The zero-order valence-electron chi connectivity index (χ0n) is 11.9. The van der Waals surface area contributed by atoms with Crippen molar-refractivity contribution in [2.75, 3.05) is 31.1 Å². The Kier molecular flexibility index (Phi) is 3.06. The average Bonchev–Trinajstić information content (AvgIpc) is 3.08. The highest BCUT2D eigenvalue weighted by atomic mass is 19.2. The molecule has 116 valence electrons. The van der Waals surface area contributed by atoms with Gasteiger partial charge in [-0.05, 0) is 6.07 Å². The maximum absolute atomic E-state index is 14.4. The Hall–Kier alpha value is -2.86. The van der Waals surface area contributed by atoms with Gasteiger partial charge in [0.05, 0.1) is 11.1 Å². The minimum Gasteiger partial charge on any atom is -0.351 e. The van der Waals surface area contributed by atoms with Crippen molar-refractivity contribution in [3.05, 3.63) is 29.6 Å². The maximum atomic E-state index is 14.4. The Labute approximate surface area is 129 Å². The molecule has 0 aliphatic carbocycles.